The summed E-state index contributed by atoms with van der Waals surface area (Å²) in [6, 6.07) is 7.22. The van der Waals surface area contributed by atoms with Crippen molar-refractivity contribution >= 4 is 40.5 Å². The molecule has 0 atom stereocenters. The van der Waals surface area contributed by atoms with E-state index in [4.69, 9.17) is 17.0 Å². The summed E-state index contributed by atoms with van der Waals surface area (Å²) in [4.78, 5) is 11.6. The molecule has 1 heterocycles. The number of benzene rings is 1. The Kier molecular flexibility index (Phi) is 2.79. The summed E-state index contributed by atoms with van der Waals surface area (Å²) in [5.41, 5.74) is 0.920. The van der Waals surface area contributed by atoms with Gasteiger partial charge in [-0.05, 0) is 35.5 Å². The zero-order chi connectivity index (χ0) is 10.8. The monoisotopic (exact) mass is 238 g/mol. The SMILES string of the molecule is N=C1NC(=O)SC1=Cc1ccc(Cl)cc1. The van der Waals surface area contributed by atoms with Crippen molar-refractivity contribution in [2.75, 3.05) is 0 Å². The average molecular weight is 239 g/mol. The van der Waals surface area contributed by atoms with Gasteiger partial charge < -0.3 is 5.32 Å². The second kappa shape index (κ2) is 4.08. The van der Waals surface area contributed by atoms with Crippen LogP contribution in [0.3, 0.4) is 0 Å². The van der Waals surface area contributed by atoms with Gasteiger partial charge in [0, 0.05) is 5.02 Å². The number of carbonyl (C=O) groups excluding carboxylic acids is 1. The van der Waals surface area contributed by atoms with Crippen molar-refractivity contribution in [2.45, 2.75) is 0 Å². The van der Waals surface area contributed by atoms with E-state index in [-0.39, 0.29) is 11.1 Å². The first kappa shape index (κ1) is 10.3. The first-order valence-corrected chi connectivity index (χ1v) is 5.39. The van der Waals surface area contributed by atoms with Crippen LogP contribution >= 0.6 is 23.4 Å². The molecule has 1 saturated heterocycles. The Labute approximate surface area is 96.0 Å². The van der Waals surface area contributed by atoms with E-state index in [1.54, 1.807) is 18.2 Å². The molecule has 1 aliphatic heterocycles. The molecule has 0 aromatic heterocycles. The predicted molar refractivity (Wildman–Crippen MR) is 63.3 cm³/mol. The van der Waals surface area contributed by atoms with E-state index in [2.05, 4.69) is 5.32 Å². The van der Waals surface area contributed by atoms with Crippen molar-refractivity contribution in [2.24, 2.45) is 0 Å². The summed E-state index contributed by atoms with van der Waals surface area (Å²) in [7, 11) is 0. The molecule has 0 aliphatic carbocycles. The fraction of sp³-hybridized carbons (Fsp3) is 0. The van der Waals surface area contributed by atoms with Crippen LogP contribution in [0.25, 0.3) is 6.08 Å². The minimum atomic E-state index is -0.208. The van der Waals surface area contributed by atoms with E-state index in [1.165, 1.54) is 0 Å². The summed E-state index contributed by atoms with van der Waals surface area (Å²) in [6.07, 6.45) is 1.78. The molecule has 1 fully saturated rings. The van der Waals surface area contributed by atoms with Crippen molar-refractivity contribution in [3.63, 3.8) is 0 Å². The van der Waals surface area contributed by atoms with E-state index >= 15 is 0 Å². The lowest BCUT2D eigenvalue weighted by atomic mass is 10.2. The molecule has 15 heavy (non-hydrogen) atoms. The highest BCUT2D eigenvalue weighted by Gasteiger charge is 2.21. The molecule has 2 N–H and O–H groups in total. The first-order chi connectivity index (χ1) is 7.15. The minimum absolute atomic E-state index is 0.153. The smallest absolute Gasteiger partial charge is 0.289 e. The van der Waals surface area contributed by atoms with Crippen LogP contribution in [0.5, 0.6) is 0 Å². The lowest BCUT2D eigenvalue weighted by molar-refractivity contribution is 0.265. The number of nitrogens with one attached hydrogen (secondary N) is 2. The quantitative estimate of drug-likeness (QED) is 0.790. The Morgan fingerprint density at radius 1 is 1.33 bits per heavy atom. The lowest BCUT2D eigenvalue weighted by Crippen LogP contribution is -2.17. The average Bonchev–Trinajstić information content (AvgIpc) is 2.49. The third kappa shape index (κ3) is 2.40. The number of rotatable bonds is 1. The topological polar surface area (TPSA) is 53.0 Å². The summed E-state index contributed by atoms with van der Waals surface area (Å²) in [5.74, 6) is 0.153. The number of hydrogen-bond donors (Lipinski definition) is 2. The third-order valence-electron chi connectivity index (χ3n) is 1.84. The number of amides is 1. The largest absolute Gasteiger partial charge is 0.301 e. The summed E-state index contributed by atoms with van der Waals surface area (Å²) in [6.45, 7) is 0. The molecule has 76 valence electrons. The van der Waals surface area contributed by atoms with Crippen molar-refractivity contribution in [1.82, 2.24) is 5.32 Å². The van der Waals surface area contributed by atoms with Gasteiger partial charge in [0.25, 0.3) is 5.24 Å². The van der Waals surface area contributed by atoms with Gasteiger partial charge in [0.2, 0.25) is 0 Å². The summed E-state index contributed by atoms with van der Waals surface area (Å²) >= 11 is 6.77. The highest BCUT2D eigenvalue weighted by atomic mass is 35.5. The second-order valence-corrected chi connectivity index (χ2v) is 4.40. The Hall–Kier alpha value is -1.26. The molecule has 1 amide bonds. The normalized spacial score (nSPS) is 18.3. The van der Waals surface area contributed by atoms with Gasteiger partial charge in [0.05, 0.1) is 4.91 Å². The van der Waals surface area contributed by atoms with Gasteiger partial charge in [-0.2, -0.15) is 0 Å². The molecule has 2 rings (SSSR count). The van der Waals surface area contributed by atoms with E-state index < -0.39 is 0 Å². The Morgan fingerprint density at radius 2 is 2.00 bits per heavy atom. The highest BCUT2D eigenvalue weighted by molar-refractivity contribution is 8.18. The van der Waals surface area contributed by atoms with Gasteiger partial charge in [-0.1, -0.05) is 23.7 Å². The number of thioether (sulfide) groups is 1. The van der Waals surface area contributed by atoms with Gasteiger partial charge in [0.1, 0.15) is 5.84 Å². The maximum absolute atomic E-state index is 11.0. The molecular weight excluding hydrogens is 232 g/mol. The van der Waals surface area contributed by atoms with E-state index in [0.717, 1.165) is 17.3 Å². The number of hydrogen-bond acceptors (Lipinski definition) is 3. The maximum atomic E-state index is 11.0. The van der Waals surface area contributed by atoms with E-state index in [1.807, 2.05) is 12.1 Å². The van der Waals surface area contributed by atoms with Crippen LogP contribution in [-0.4, -0.2) is 11.1 Å². The van der Waals surface area contributed by atoms with Gasteiger partial charge in [-0.3, -0.25) is 10.2 Å². The molecule has 0 spiro atoms. The van der Waals surface area contributed by atoms with Crippen LogP contribution < -0.4 is 5.32 Å². The Morgan fingerprint density at radius 3 is 2.53 bits per heavy atom. The maximum Gasteiger partial charge on any atom is 0.289 e. The molecule has 1 aliphatic rings. The van der Waals surface area contributed by atoms with Crippen molar-refractivity contribution in [3.8, 4) is 0 Å². The van der Waals surface area contributed by atoms with Crippen LogP contribution in [0.4, 0.5) is 4.79 Å². The zero-order valence-corrected chi connectivity index (χ0v) is 9.15. The zero-order valence-electron chi connectivity index (χ0n) is 7.58. The molecule has 3 nitrogen and oxygen atoms in total. The van der Waals surface area contributed by atoms with Gasteiger partial charge in [-0.15, -0.1) is 0 Å². The summed E-state index contributed by atoms with van der Waals surface area (Å²) < 4.78 is 0. The third-order valence-corrected chi connectivity index (χ3v) is 2.93. The fourth-order valence-electron chi connectivity index (χ4n) is 1.15. The Balaban J connectivity index is 2.27. The molecule has 0 radical (unpaired) electrons. The molecule has 0 saturated carbocycles. The van der Waals surface area contributed by atoms with E-state index in [9.17, 15) is 4.79 Å². The van der Waals surface area contributed by atoms with Crippen LogP contribution in [0.15, 0.2) is 29.2 Å². The highest BCUT2D eigenvalue weighted by Crippen LogP contribution is 2.25. The fourth-order valence-corrected chi connectivity index (χ4v) is 1.98. The molecule has 1 aromatic rings. The lowest BCUT2D eigenvalue weighted by Gasteiger charge is -1.96. The second-order valence-electron chi connectivity index (χ2n) is 2.95. The predicted octanol–water partition coefficient (Wildman–Crippen LogP) is 3.11. The molecule has 0 unspecified atom stereocenters. The minimum Gasteiger partial charge on any atom is -0.301 e. The van der Waals surface area contributed by atoms with Gasteiger partial charge in [-0.25, -0.2) is 0 Å². The van der Waals surface area contributed by atoms with E-state index in [0.29, 0.717) is 9.93 Å². The molecular formula is C10H7ClN2OS. The number of carbonyl (C=O) groups is 1. The van der Waals surface area contributed by atoms with Crippen LogP contribution in [0.1, 0.15) is 5.56 Å². The van der Waals surface area contributed by atoms with Crippen LogP contribution in [0, 0.1) is 5.41 Å². The van der Waals surface area contributed by atoms with Crippen molar-refractivity contribution in [1.29, 1.82) is 5.41 Å². The number of amidine groups is 1. The first-order valence-electron chi connectivity index (χ1n) is 4.20. The van der Waals surface area contributed by atoms with Crippen LogP contribution in [0.2, 0.25) is 5.02 Å². The number of halogens is 1. The molecule has 0 bridgehead atoms. The van der Waals surface area contributed by atoms with Gasteiger partial charge >= 0.3 is 0 Å². The van der Waals surface area contributed by atoms with Crippen molar-refractivity contribution in [3.05, 3.63) is 39.8 Å². The molecule has 1 aromatic carbocycles. The van der Waals surface area contributed by atoms with Crippen molar-refractivity contribution < 1.29 is 4.79 Å². The van der Waals surface area contributed by atoms with Crippen LogP contribution in [-0.2, 0) is 0 Å². The van der Waals surface area contributed by atoms with Gasteiger partial charge in [0.15, 0.2) is 0 Å². The Bertz CT molecular complexity index is 453. The standard InChI is InChI=1S/C10H7ClN2OS/c11-7-3-1-6(2-4-7)5-8-9(12)13-10(14)15-8/h1-5H,(H2,12,13,14). The summed E-state index contributed by atoms with van der Waals surface area (Å²) in [5, 5.41) is 10.4. The molecule has 5 heteroatoms.